The van der Waals surface area contributed by atoms with Gasteiger partial charge < -0.3 is 4.74 Å². The van der Waals surface area contributed by atoms with Gasteiger partial charge in [-0.05, 0) is 20.3 Å². The standard InChI is InChI=1S/C10H18O2/c1-5-6-10(9(4)11)12-7-8(2)3/h10H,2,5-7H2,1,3-4H3. The van der Waals surface area contributed by atoms with E-state index in [1.165, 1.54) is 0 Å². The SMILES string of the molecule is C=C(C)COC(CCC)C(C)=O. The number of Topliss-reactive ketones (excluding diaryl/α,β-unsaturated/α-hetero) is 1. The lowest BCUT2D eigenvalue weighted by Crippen LogP contribution is -2.22. The molecular formula is C10H18O2. The molecule has 0 aromatic carbocycles. The minimum absolute atomic E-state index is 0.109. The number of carbonyl (C=O) groups is 1. The summed E-state index contributed by atoms with van der Waals surface area (Å²) < 4.78 is 5.36. The highest BCUT2D eigenvalue weighted by Gasteiger charge is 2.12. The summed E-state index contributed by atoms with van der Waals surface area (Å²) in [6, 6.07) is 0. The van der Waals surface area contributed by atoms with Gasteiger partial charge in [-0.2, -0.15) is 0 Å². The molecule has 2 nitrogen and oxygen atoms in total. The van der Waals surface area contributed by atoms with Gasteiger partial charge in [0.1, 0.15) is 6.10 Å². The van der Waals surface area contributed by atoms with E-state index in [2.05, 4.69) is 6.58 Å². The lowest BCUT2D eigenvalue weighted by molar-refractivity contribution is -0.128. The molecule has 0 radical (unpaired) electrons. The molecule has 12 heavy (non-hydrogen) atoms. The molecule has 0 bridgehead atoms. The van der Waals surface area contributed by atoms with Crippen LogP contribution in [0.25, 0.3) is 0 Å². The Morgan fingerprint density at radius 1 is 1.50 bits per heavy atom. The van der Waals surface area contributed by atoms with Crippen LogP contribution in [0.5, 0.6) is 0 Å². The Bertz CT molecular complexity index is 161. The fourth-order valence-corrected chi connectivity index (χ4v) is 0.909. The van der Waals surface area contributed by atoms with Crippen molar-refractivity contribution < 1.29 is 9.53 Å². The second-order valence-corrected chi connectivity index (χ2v) is 3.16. The number of hydrogen-bond acceptors (Lipinski definition) is 2. The molecule has 0 heterocycles. The van der Waals surface area contributed by atoms with E-state index >= 15 is 0 Å². The maximum absolute atomic E-state index is 11.0. The molecule has 0 aliphatic carbocycles. The number of carbonyl (C=O) groups excluding carboxylic acids is 1. The van der Waals surface area contributed by atoms with Crippen molar-refractivity contribution in [2.75, 3.05) is 6.61 Å². The first kappa shape index (κ1) is 11.4. The van der Waals surface area contributed by atoms with Crippen molar-refractivity contribution in [3.8, 4) is 0 Å². The molecule has 0 aliphatic rings. The molecule has 0 saturated heterocycles. The van der Waals surface area contributed by atoms with Crippen LogP contribution in [0.4, 0.5) is 0 Å². The van der Waals surface area contributed by atoms with Crippen molar-refractivity contribution in [3.05, 3.63) is 12.2 Å². The molecule has 0 aromatic rings. The summed E-state index contributed by atoms with van der Waals surface area (Å²) in [6.07, 6.45) is 1.55. The Hall–Kier alpha value is -0.630. The summed E-state index contributed by atoms with van der Waals surface area (Å²) in [7, 11) is 0. The number of ketones is 1. The maximum Gasteiger partial charge on any atom is 0.158 e. The molecule has 0 saturated carbocycles. The second kappa shape index (κ2) is 5.95. The number of hydrogen-bond donors (Lipinski definition) is 0. The minimum Gasteiger partial charge on any atom is -0.366 e. The lowest BCUT2D eigenvalue weighted by atomic mass is 10.1. The summed E-state index contributed by atoms with van der Waals surface area (Å²) in [5, 5.41) is 0. The van der Waals surface area contributed by atoms with Crippen molar-refractivity contribution in [2.24, 2.45) is 0 Å². The zero-order valence-corrected chi connectivity index (χ0v) is 8.22. The van der Waals surface area contributed by atoms with Crippen LogP contribution in [0, 0.1) is 0 Å². The quantitative estimate of drug-likeness (QED) is 0.572. The monoisotopic (exact) mass is 170 g/mol. The zero-order valence-electron chi connectivity index (χ0n) is 8.22. The van der Waals surface area contributed by atoms with E-state index in [1.54, 1.807) is 6.92 Å². The van der Waals surface area contributed by atoms with Crippen LogP contribution in [-0.2, 0) is 9.53 Å². The highest BCUT2D eigenvalue weighted by Crippen LogP contribution is 2.04. The largest absolute Gasteiger partial charge is 0.366 e. The van der Waals surface area contributed by atoms with E-state index in [0.29, 0.717) is 6.61 Å². The molecule has 0 amide bonds. The van der Waals surface area contributed by atoms with Gasteiger partial charge in [-0.15, -0.1) is 0 Å². The Morgan fingerprint density at radius 2 is 2.08 bits per heavy atom. The molecule has 1 atom stereocenters. The van der Waals surface area contributed by atoms with Crippen LogP contribution in [0.3, 0.4) is 0 Å². The average Bonchev–Trinajstić information content (AvgIpc) is 1.96. The molecule has 70 valence electrons. The number of rotatable bonds is 6. The predicted octanol–water partition coefficient (Wildman–Crippen LogP) is 2.34. The first-order valence-electron chi connectivity index (χ1n) is 4.34. The van der Waals surface area contributed by atoms with Gasteiger partial charge in [-0.3, -0.25) is 4.79 Å². The molecule has 0 spiro atoms. The molecule has 0 fully saturated rings. The molecule has 2 heteroatoms. The third-order valence-corrected chi connectivity index (χ3v) is 1.54. The first-order chi connectivity index (χ1) is 5.57. The highest BCUT2D eigenvalue weighted by molar-refractivity contribution is 5.80. The molecule has 1 unspecified atom stereocenters. The van der Waals surface area contributed by atoms with Crippen LogP contribution in [0.1, 0.15) is 33.6 Å². The van der Waals surface area contributed by atoms with Crippen molar-refractivity contribution in [1.82, 2.24) is 0 Å². The molecule has 0 aliphatic heterocycles. The van der Waals surface area contributed by atoms with Gasteiger partial charge in [0, 0.05) is 0 Å². The fraction of sp³-hybridized carbons (Fsp3) is 0.700. The molecular weight excluding hydrogens is 152 g/mol. The molecule has 0 aromatic heterocycles. The van der Waals surface area contributed by atoms with Gasteiger partial charge in [0.25, 0.3) is 0 Å². The molecule has 0 N–H and O–H groups in total. The Labute approximate surface area is 74.6 Å². The van der Waals surface area contributed by atoms with Crippen LogP contribution in [0.15, 0.2) is 12.2 Å². The van der Waals surface area contributed by atoms with Crippen molar-refractivity contribution in [2.45, 2.75) is 39.7 Å². The van der Waals surface area contributed by atoms with Gasteiger partial charge in [0.15, 0.2) is 5.78 Å². The Kier molecular flexibility index (Phi) is 5.64. The molecule has 0 rings (SSSR count). The summed E-state index contributed by atoms with van der Waals surface area (Å²) in [5.74, 6) is 0.109. The van der Waals surface area contributed by atoms with Gasteiger partial charge in [-0.1, -0.05) is 25.5 Å². The Morgan fingerprint density at radius 3 is 2.42 bits per heavy atom. The lowest BCUT2D eigenvalue weighted by Gasteiger charge is -2.13. The van der Waals surface area contributed by atoms with Gasteiger partial charge in [0.05, 0.1) is 6.61 Å². The van der Waals surface area contributed by atoms with E-state index in [4.69, 9.17) is 4.74 Å². The Balaban J connectivity index is 3.79. The smallest absolute Gasteiger partial charge is 0.158 e. The second-order valence-electron chi connectivity index (χ2n) is 3.16. The third-order valence-electron chi connectivity index (χ3n) is 1.54. The minimum atomic E-state index is -0.230. The van der Waals surface area contributed by atoms with Crippen molar-refractivity contribution in [3.63, 3.8) is 0 Å². The van der Waals surface area contributed by atoms with Gasteiger partial charge in [0.2, 0.25) is 0 Å². The fourth-order valence-electron chi connectivity index (χ4n) is 0.909. The average molecular weight is 170 g/mol. The van der Waals surface area contributed by atoms with E-state index < -0.39 is 0 Å². The van der Waals surface area contributed by atoms with Gasteiger partial charge >= 0.3 is 0 Å². The zero-order chi connectivity index (χ0) is 9.56. The highest BCUT2D eigenvalue weighted by atomic mass is 16.5. The maximum atomic E-state index is 11.0. The van der Waals surface area contributed by atoms with Crippen molar-refractivity contribution in [1.29, 1.82) is 0 Å². The topological polar surface area (TPSA) is 26.3 Å². The summed E-state index contributed by atoms with van der Waals surface area (Å²) >= 11 is 0. The van der Waals surface area contributed by atoms with Crippen LogP contribution >= 0.6 is 0 Å². The van der Waals surface area contributed by atoms with Gasteiger partial charge in [-0.25, -0.2) is 0 Å². The normalized spacial score (nSPS) is 12.6. The van der Waals surface area contributed by atoms with Crippen LogP contribution in [-0.4, -0.2) is 18.5 Å². The van der Waals surface area contributed by atoms with E-state index in [-0.39, 0.29) is 11.9 Å². The van der Waals surface area contributed by atoms with E-state index in [1.807, 2.05) is 13.8 Å². The summed E-state index contributed by atoms with van der Waals surface area (Å²) in [6.45, 7) is 9.70. The van der Waals surface area contributed by atoms with Crippen LogP contribution in [0.2, 0.25) is 0 Å². The third kappa shape index (κ3) is 5.08. The van der Waals surface area contributed by atoms with E-state index in [9.17, 15) is 4.79 Å². The summed E-state index contributed by atoms with van der Waals surface area (Å²) in [5.41, 5.74) is 0.956. The summed E-state index contributed by atoms with van der Waals surface area (Å²) in [4.78, 5) is 11.0. The first-order valence-corrected chi connectivity index (χ1v) is 4.34. The van der Waals surface area contributed by atoms with E-state index in [0.717, 1.165) is 18.4 Å². The van der Waals surface area contributed by atoms with Crippen LogP contribution < -0.4 is 0 Å². The predicted molar refractivity (Wildman–Crippen MR) is 50.1 cm³/mol. The van der Waals surface area contributed by atoms with Crippen molar-refractivity contribution >= 4 is 5.78 Å². The number of ether oxygens (including phenoxy) is 1.